The zero-order chi connectivity index (χ0) is 5.70. The van der Waals surface area contributed by atoms with Gasteiger partial charge in [0.1, 0.15) is 0 Å². The zero-order valence-corrected chi connectivity index (χ0v) is 5.02. The fraction of sp³-hybridized carbons (Fsp3) is 0.600. The van der Waals surface area contributed by atoms with Crippen LogP contribution in [0.1, 0.15) is 13.3 Å². The van der Waals surface area contributed by atoms with E-state index in [1.807, 2.05) is 0 Å². The van der Waals surface area contributed by atoms with Gasteiger partial charge in [-0.1, -0.05) is 17.7 Å². The molecule has 7 heavy (non-hydrogen) atoms. The Hall–Kier alpha value is -0.0100. The minimum atomic E-state index is -0.269. The van der Waals surface area contributed by atoms with E-state index in [1.54, 1.807) is 13.0 Å². The molecule has 2 heteroatoms. The molecule has 0 spiro atoms. The molecule has 0 radical (unpaired) electrons. The van der Waals surface area contributed by atoms with Crippen molar-refractivity contribution in [2.45, 2.75) is 19.4 Å². The van der Waals surface area contributed by atoms with Crippen LogP contribution in [-0.4, -0.2) is 11.2 Å². The SMILES string of the molecule is CC(O)C/C=C\Cl. The summed E-state index contributed by atoms with van der Waals surface area (Å²) in [5.41, 5.74) is 1.41. The monoisotopic (exact) mass is 120 g/mol. The Bertz CT molecular complexity index is 59.1. The first-order valence-corrected chi connectivity index (χ1v) is 2.64. The largest absolute Gasteiger partial charge is 0.393 e. The van der Waals surface area contributed by atoms with Crippen LogP contribution in [0.15, 0.2) is 11.6 Å². The maximum absolute atomic E-state index is 8.57. The molecule has 0 rings (SSSR count). The van der Waals surface area contributed by atoms with Crippen molar-refractivity contribution in [1.82, 2.24) is 0 Å². The lowest BCUT2D eigenvalue weighted by atomic mass is 10.3. The predicted octanol–water partition coefficient (Wildman–Crippen LogP) is 1.51. The molecule has 0 saturated heterocycles. The number of rotatable bonds is 2. The van der Waals surface area contributed by atoms with Crippen LogP contribution in [0.3, 0.4) is 0 Å². The minimum absolute atomic E-state index is 0.269. The van der Waals surface area contributed by atoms with Gasteiger partial charge in [-0.15, -0.1) is 0 Å². The Morgan fingerprint density at radius 2 is 2.43 bits per heavy atom. The third kappa shape index (κ3) is 5.99. The second-order valence-electron chi connectivity index (χ2n) is 1.45. The van der Waals surface area contributed by atoms with Gasteiger partial charge in [-0.3, -0.25) is 0 Å². The van der Waals surface area contributed by atoms with E-state index in [4.69, 9.17) is 16.7 Å². The van der Waals surface area contributed by atoms with Crippen LogP contribution in [0, 0.1) is 0 Å². The second kappa shape index (κ2) is 4.16. The zero-order valence-electron chi connectivity index (χ0n) is 4.26. The van der Waals surface area contributed by atoms with Crippen molar-refractivity contribution in [3.05, 3.63) is 11.6 Å². The fourth-order valence-electron chi connectivity index (χ4n) is 0.248. The van der Waals surface area contributed by atoms with E-state index >= 15 is 0 Å². The maximum Gasteiger partial charge on any atom is 0.0546 e. The number of aliphatic hydroxyl groups is 1. The Labute approximate surface area is 48.6 Å². The van der Waals surface area contributed by atoms with Crippen LogP contribution < -0.4 is 0 Å². The van der Waals surface area contributed by atoms with Gasteiger partial charge < -0.3 is 5.11 Å². The van der Waals surface area contributed by atoms with Crippen LogP contribution in [0.4, 0.5) is 0 Å². The first kappa shape index (κ1) is 6.99. The Balaban J connectivity index is 2.97. The van der Waals surface area contributed by atoms with E-state index in [-0.39, 0.29) is 6.10 Å². The summed E-state index contributed by atoms with van der Waals surface area (Å²) in [6.07, 6.45) is 2.09. The third-order valence-electron chi connectivity index (χ3n) is 0.566. The van der Waals surface area contributed by atoms with Crippen molar-refractivity contribution in [3.63, 3.8) is 0 Å². The van der Waals surface area contributed by atoms with Crippen LogP contribution in [0.5, 0.6) is 0 Å². The van der Waals surface area contributed by atoms with Gasteiger partial charge in [-0.25, -0.2) is 0 Å². The predicted molar refractivity (Wildman–Crippen MR) is 31.3 cm³/mol. The highest BCUT2D eigenvalue weighted by Crippen LogP contribution is 1.90. The number of halogens is 1. The molecular formula is C5H9ClO. The lowest BCUT2D eigenvalue weighted by Crippen LogP contribution is -1.94. The summed E-state index contributed by atoms with van der Waals surface area (Å²) in [5.74, 6) is 0. The molecule has 1 unspecified atom stereocenters. The molecule has 0 fully saturated rings. The van der Waals surface area contributed by atoms with Gasteiger partial charge in [-0.05, 0) is 13.3 Å². The van der Waals surface area contributed by atoms with Gasteiger partial charge in [0, 0.05) is 5.54 Å². The summed E-state index contributed by atoms with van der Waals surface area (Å²) < 4.78 is 0. The topological polar surface area (TPSA) is 20.2 Å². The smallest absolute Gasteiger partial charge is 0.0546 e. The summed E-state index contributed by atoms with van der Waals surface area (Å²) in [6.45, 7) is 1.72. The van der Waals surface area contributed by atoms with Crippen molar-refractivity contribution in [1.29, 1.82) is 0 Å². The summed E-state index contributed by atoms with van der Waals surface area (Å²) in [5, 5.41) is 8.57. The van der Waals surface area contributed by atoms with Crippen molar-refractivity contribution in [2.75, 3.05) is 0 Å². The molecule has 0 aliphatic rings. The summed E-state index contributed by atoms with van der Waals surface area (Å²) >= 11 is 5.15. The standard InChI is InChI=1S/C5H9ClO/c1-5(7)3-2-4-6/h2,4-5,7H,3H2,1H3/b4-2-. The third-order valence-corrected chi connectivity index (χ3v) is 0.744. The highest BCUT2D eigenvalue weighted by molar-refractivity contribution is 6.25. The lowest BCUT2D eigenvalue weighted by molar-refractivity contribution is 0.198. The Morgan fingerprint density at radius 3 is 2.57 bits per heavy atom. The number of aliphatic hydroxyl groups excluding tert-OH is 1. The first-order chi connectivity index (χ1) is 3.27. The van der Waals surface area contributed by atoms with Crippen molar-refractivity contribution in [3.8, 4) is 0 Å². The molecular weight excluding hydrogens is 112 g/mol. The molecule has 0 aromatic heterocycles. The van der Waals surface area contributed by atoms with E-state index in [1.165, 1.54) is 5.54 Å². The van der Waals surface area contributed by atoms with Crippen molar-refractivity contribution in [2.24, 2.45) is 0 Å². The molecule has 1 atom stereocenters. The molecule has 0 amide bonds. The molecule has 0 aliphatic heterocycles. The molecule has 0 aliphatic carbocycles. The van der Waals surface area contributed by atoms with Gasteiger partial charge in [0.2, 0.25) is 0 Å². The summed E-state index contributed by atoms with van der Waals surface area (Å²) in [7, 11) is 0. The molecule has 1 N–H and O–H groups in total. The van der Waals surface area contributed by atoms with Crippen LogP contribution >= 0.6 is 11.6 Å². The highest BCUT2D eigenvalue weighted by Gasteiger charge is 1.85. The summed E-state index contributed by atoms with van der Waals surface area (Å²) in [6, 6.07) is 0. The minimum Gasteiger partial charge on any atom is -0.393 e. The van der Waals surface area contributed by atoms with E-state index in [9.17, 15) is 0 Å². The van der Waals surface area contributed by atoms with Gasteiger partial charge >= 0.3 is 0 Å². The quantitative estimate of drug-likeness (QED) is 0.586. The van der Waals surface area contributed by atoms with Crippen LogP contribution in [-0.2, 0) is 0 Å². The second-order valence-corrected chi connectivity index (χ2v) is 1.70. The maximum atomic E-state index is 8.57. The van der Waals surface area contributed by atoms with Crippen LogP contribution in [0.25, 0.3) is 0 Å². The Morgan fingerprint density at radius 1 is 1.86 bits per heavy atom. The van der Waals surface area contributed by atoms with Crippen molar-refractivity contribution < 1.29 is 5.11 Å². The molecule has 0 heterocycles. The fourth-order valence-corrected chi connectivity index (χ4v) is 0.351. The van der Waals surface area contributed by atoms with Gasteiger partial charge in [0.05, 0.1) is 6.10 Å². The van der Waals surface area contributed by atoms with Gasteiger partial charge in [0.25, 0.3) is 0 Å². The average molecular weight is 121 g/mol. The first-order valence-electron chi connectivity index (χ1n) is 2.20. The molecule has 0 saturated carbocycles. The van der Waals surface area contributed by atoms with E-state index in [2.05, 4.69) is 0 Å². The summed E-state index contributed by atoms with van der Waals surface area (Å²) in [4.78, 5) is 0. The molecule has 0 aromatic carbocycles. The number of hydrogen-bond acceptors (Lipinski definition) is 1. The molecule has 1 nitrogen and oxygen atoms in total. The van der Waals surface area contributed by atoms with E-state index < -0.39 is 0 Å². The van der Waals surface area contributed by atoms with E-state index in [0.29, 0.717) is 6.42 Å². The molecule has 0 aromatic rings. The average Bonchev–Trinajstić information content (AvgIpc) is 1.61. The lowest BCUT2D eigenvalue weighted by Gasteiger charge is -1.93. The number of hydrogen-bond donors (Lipinski definition) is 1. The molecule has 42 valence electrons. The normalized spacial score (nSPS) is 15.3. The van der Waals surface area contributed by atoms with Crippen molar-refractivity contribution >= 4 is 11.6 Å². The van der Waals surface area contributed by atoms with Gasteiger partial charge in [0.15, 0.2) is 0 Å². The highest BCUT2D eigenvalue weighted by atomic mass is 35.5. The Kier molecular flexibility index (Phi) is 4.15. The van der Waals surface area contributed by atoms with Gasteiger partial charge in [-0.2, -0.15) is 0 Å². The van der Waals surface area contributed by atoms with Crippen LogP contribution in [0.2, 0.25) is 0 Å². The molecule has 0 bridgehead atoms. The van der Waals surface area contributed by atoms with E-state index in [0.717, 1.165) is 0 Å².